The molecule has 0 radical (unpaired) electrons. The first-order valence-electron chi connectivity index (χ1n) is 10.6. The van der Waals surface area contributed by atoms with Crippen molar-refractivity contribution in [1.82, 2.24) is 4.98 Å². The van der Waals surface area contributed by atoms with E-state index in [9.17, 15) is 9.59 Å². The minimum atomic E-state index is -0.414. The van der Waals surface area contributed by atoms with Gasteiger partial charge in [-0.2, -0.15) is 0 Å². The van der Waals surface area contributed by atoms with Crippen LogP contribution in [0.4, 0.5) is 5.69 Å². The lowest BCUT2D eigenvalue weighted by Crippen LogP contribution is -2.13. The van der Waals surface area contributed by atoms with Gasteiger partial charge in [-0.1, -0.05) is 60.7 Å². The van der Waals surface area contributed by atoms with E-state index < -0.39 is 5.97 Å². The van der Waals surface area contributed by atoms with Gasteiger partial charge in [-0.05, 0) is 30.7 Å². The molecule has 0 bridgehead atoms. The summed E-state index contributed by atoms with van der Waals surface area (Å²) in [7, 11) is 1.34. The number of carbonyl (C=O) groups excluding carboxylic acids is 2. The third kappa shape index (κ3) is 5.18. The van der Waals surface area contributed by atoms with Crippen molar-refractivity contribution in [2.75, 3.05) is 12.4 Å². The molecular formula is C27H24N2O4. The van der Waals surface area contributed by atoms with Crippen LogP contribution in [-0.2, 0) is 16.0 Å². The summed E-state index contributed by atoms with van der Waals surface area (Å²) >= 11 is 0. The Morgan fingerprint density at radius 2 is 1.61 bits per heavy atom. The van der Waals surface area contributed by atoms with Gasteiger partial charge < -0.3 is 14.5 Å². The van der Waals surface area contributed by atoms with Crippen molar-refractivity contribution < 1.29 is 18.7 Å². The van der Waals surface area contributed by atoms with Gasteiger partial charge in [0.15, 0.2) is 11.7 Å². The van der Waals surface area contributed by atoms with E-state index in [1.54, 1.807) is 18.2 Å². The molecule has 33 heavy (non-hydrogen) atoms. The zero-order valence-electron chi connectivity index (χ0n) is 18.5. The van der Waals surface area contributed by atoms with Crippen LogP contribution in [0.2, 0.25) is 0 Å². The number of esters is 1. The quantitative estimate of drug-likeness (QED) is 0.374. The summed E-state index contributed by atoms with van der Waals surface area (Å²) in [5.74, 6) is 0.611. The van der Waals surface area contributed by atoms with Gasteiger partial charge in [0, 0.05) is 29.7 Å². The Balaban J connectivity index is 1.49. The fourth-order valence-corrected chi connectivity index (χ4v) is 3.53. The molecule has 0 saturated heterocycles. The second-order valence-electron chi connectivity index (χ2n) is 7.59. The Kier molecular flexibility index (Phi) is 6.64. The van der Waals surface area contributed by atoms with E-state index in [1.165, 1.54) is 7.11 Å². The smallest absolute Gasteiger partial charge is 0.337 e. The number of ether oxygens (including phenoxy) is 1. The van der Waals surface area contributed by atoms with Gasteiger partial charge in [0.1, 0.15) is 5.69 Å². The number of anilines is 1. The van der Waals surface area contributed by atoms with Gasteiger partial charge >= 0.3 is 5.97 Å². The topological polar surface area (TPSA) is 81.4 Å². The Morgan fingerprint density at radius 1 is 0.939 bits per heavy atom. The molecule has 4 rings (SSSR count). The van der Waals surface area contributed by atoms with Crippen LogP contribution in [0.3, 0.4) is 0 Å². The molecule has 166 valence electrons. The maximum Gasteiger partial charge on any atom is 0.337 e. The first-order valence-corrected chi connectivity index (χ1v) is 10.6. The Hall–Kier alpha value is -4.19. The predicted octanol–water partition coefficient (Wildman–Crippen LogP) is 5.67. The number of aromatic nitrogens is 1. The van der Waals surface area contributed by atoms with E-state index >= 15 is 0 Å². The molecule has 0 aliphatic carbocycles. The first kappa shape index (κ1) is 22.0. The van der Waals surface area contributed by atoms with Crippen molar-refractivity contribution in [1.29, 1.82) is 0 Å². The molecule has 0 spiro atoms. The van der Waals surface area contributed by atoms with Crippen LogP contribution in [0.1, 0.15) is 28.2 Å². The van der Waals surface area contributed by atoms with Crippen molar-refractivity contribution in [2.24, 2.45) is 0 Å². The molecule has 0 unspecified atom stereocenters. The highest BCUT2D eigenvalue weighted by Gasteiger charge is 2.18. The highest BCUT2D eigenvalue weighted by molar-refractivity contribution is 5.94. The molecule has 0 atom stereocenters. The summed E-state index contributed by atoms with van der Waals surface area (Å²) in [6.07, 6.45) is 0.568. The van der Waals surface area contributed by atoms with Gasteiger partial charge in [0.05, 0.1) is 12.7 Å². The third-order valence-corrected chi connectivity index (χ3v) is 5.24. The average Bonchev–Trinajstić information content (AvgIpc) is 3.29. The lowest BCUT2D eigenvalue weighted by molar-refractivity contribution is -0.116. The minimum absolute atomic E-state index is 0.162. The van der Waals surface area contributed by atoms with Crippen LogP contribution >= 0.6 is 0 Å². The summed E-state index contributed by atoms with van der Waals surface area (Å²) < 4.78 is 10.8. The fourth-order valence-electron chi connectivity index (χ4n) is 3.53. The second-order valence-corrected chi connectivity index (χ2v) is 7.59. The number of rotatable bonds is 7. The number of oxazole rings is 1. The summed E-state index contributed by atoms with van der Waals surface area (Å²) in [6, 6.07) is 24.7. The number of methoxy groups -OCH3 is 1. The zero-order valence-corrected chi connectivity index (χ0v) is 18.5. The Bertz CT molecular complexity index is 1210. The van der Waals surface area contributed by atoms with Crippen molar-refractivity contribution in [2.45, 2.75) is 19.8 Å². The van der Waals surface area contributed by atoms with Crippen molar-refractivity contribution in [3.63, 3.8) is 0 Å². The monoisotopic (exact) mass is 440 g/mol. The molecule has 1 heterocycles. The molecule has 4 aromatic rings. The number of nitrogens with one attached hydrogen (secondary N) is 1. The molecule has 0 aliphatic rings. The van der Waals surface area contributed by atoms with E-state index in [-0.39, 0.29) is 12.3 Å². The number of amides is 1. The fraction of sp³-hybridized carbons (Fsp3) is 0.148. The highest BCUT2D eigenvalue weighted by atomic mass is 16.5. The van der Waals surface area contributed by atoms with Gasteiger partial charge in [0.2, 0.25) is 5.91 Å². The van der Waals surface area contributed by atoms with Crippen LogP contribution in [0, 0.1) is 6.92 Å². The lowest BCUT2D eigenvalue weighted by Gasteiger charge is -2.09. The van der Waals surface area contributed by atoms with Crippen LogP contribution in [0.25, 0.3) is 22.6 Å². The van der Waals surface area contributed by atoms with E-state index in [0.717, 1.165) is 22.4 Å². The van der Waals surface area contributed by atoms with Crippen LogP contribution in [0.15, 0.2) is 83.3 Å². The van der Waals surface area contributed by atoms with Crippen molar-refractivity contribution >= 4 is 17.6 Å². The highest BCUT2D eigenvalue weighted by Crippen LogP contribution is 2.32. The summed E-state index contributed by atoms with van der Waals surface area (Å²) in [4.78, 5) is 28.9. The van der Waals surface area contributed by atoms with E-state index in [0.29, 0.717) is 29.3 Å². The summed E-state index contributed by atoms with van der Waals surface area (Å²) in [6.45, 7) is 1.83. The molecule has 1 N–H and O–H groups in total. The molecule has 3 aromatic carbocycles. The van der Waals surface area contributed by atoms with E-state index in [1.807, 2.05) is 67.6 Å². The maximum absolute atomic E-state index is 12.6. The number of hydrogen-bond acceptors (Lipinski definition) is 5. The molecule has 1 amide bonds. The number of nitrogens with zero attached hydrogens (tertiary/aromatic N) is 1. The van der Waals surface area contributed by atoms with Crippen LogP contribution in [-0.4, -0.2) is 24.0 Å². The lowest BCUT2D eigenvalue weighted by atomic mass is 10.1. The van der Waals surface area contributed by atoms with Gasteiger partial charge in [-0.25, -0.2) is 9.78 Å². The zero-order chi connectivity index (χ0) is 23.2. The molecule has 0 aliphatic heterocycles. The molecule has 6 nitrogen and oxygen atoms in total. The summed E-state index contributed by atoms with van der Waals surface area (Å²) in [5.41, 5.74) is 4.51. The molecule has 1 aromatic heterocycles. The number of carbonyl (C=O) groups is 2. The molecule has 0 fully saturated rings. The van der Waals surface area contributed by atoms with Crippen LogP contribution in [0.5, 0.6) is 0 Å². The van der Waals surface area contributed by atoms with Gasteiger partial charge in [-0.3, -0.25) is 4.79 Å². The normalized spacial score (nSPS) is 10.6. The number of hydrogen-bond donors (Lipinski definition) is 1. The number of aryl methyl sites for hydroxylation is 2. The molecule has 6 heteroatoms. The van der Waals surface area contributed by atoms with Crippen molar-refractivity contribution in [3.8, 4) is 22.6 Å². The standard InChI is InChI=1S/C27H24N2O4/c1-18-17-21(27(31)32-2)13-14-22(18)28-23(30)15-16-24-29-25(19-9-5-3-6-10-19)26(33-24)20-11-7-4-8-12-20/h3-14,17H,15-16H2,1-2H3,(H,28,30). The average molecular weight is 440 g/mol. The maximum atomic E-state index is 12.6. The minimum Gasteiger partial charge on any atom is -0.465 e. The van der Waals surface area contributed by atoms with Gasteiger partial charge in [0.25, 0.3) is 0 Å². The number of benzene rings is 3. The van der Waals surface area contributed by atoms with Crippen LogP contribution < -0.4 is 5.32 Å². The predicted molar refractivity (Wildman–Crippen MR) is 127 cm³/mol. The SMILES string of the molecule is COC(=O)c1ccc(NC(=O)CCc2nc(-c3ccccc3)c(-c3ccccc3)o2)c(C)c1. The van der Waals surface area contributed by atoms with E-state index in [2.05, 4.69) is 5.32 Å². The van der Waals surface area contributed by atoms with E-state index in [4.69, 9.17) is 14.1 Å². The third-order valence-electron chi connectivity index (χ3n) is 5.24. The Labute approximate surface area is 192 Å². The van der Waals surface area contributed by atoms with Crippen molar-refractivity contribution in [3.05, 3.63) is 95.9 Å². The first-order chi connectivity index (χ1) is 16.0. The summed E-state index contributed by atoms with van der Waals surface area (Å²) in [5, 5.41) is 2.89. The Morgan fingerprint density at radius 3 is 2.24 bits per heavy atom. The second kappa shape index (κ2) is 9.96. The van der Waals surface area contributed by atoms with Gasteiger partial charge in [-0.15, -0.1) is 0 Å². The molecule has 0 saturated carbocycles. The largest absolute Gasteiger partial charge is 0.465 e. The molecular weight excluding hydrogens is 416 g/mol.